The van der Waals surface area contributed by atoms with Gasteiger partial charge >= 0.3 is 5.69 Å². The molecule has 11 nitrogen and oxygen atoms in total. The molecule has 0 aliphatic carbocycles. The molecule has 0 aliphatic rings. The summed E-state index contributed by atoms with van der Waals surface area (Å²) in [7, 11) is 0. The minimum Gasteiger partial charge on any atom is -0.494 e. The van der Waals surface area contributed by atoms with Gasteiger partial charge in [-0.2, -0.15) is 5.53 Å². The van der Waals surface area contributed by atoms with Crippen molar-refractivity contribution in [3.05, 3.63) is 56.2 Å². The van der Waals surface area contributed by atoms with Gasteiger partial charge in [0.25, 0.3) is 11.5 Å². The second kappa shape index (κ2) is 6.34. The van der Waals surface area contributed by atoms with Gasteiger partial charge in [-0.3, -0.25) is 25.0 Å². The Morgan fingerprint density at radius 1 is 1.17 bits per heavy atom. The van der Waals surface area contributed by atoms with Crippen LogP contribution in [0.2, 0.25) is 0 Å². The van der Waals surface area contributed by atoms with Crippen molar-refractivity contribution >= 4 is 17.4 Å². The Kier molecular flexibility index (Phi) is 4.31. The molecular formula is C12H11N7O4. The molecule has 0 bridgehead atoms. The fraction of sp³-hybridized carbons (Fsp3) is 0. The number of carbonyl (C=O) groups excluding carboxylic acids is 1. The molecule has 0 radical (unpaired) electrons. The molecule has 0 spiro atoms. The molecule has 0 aliphatic heterocycles. The van der Waals surface area contributed by atoms with Crippen LogP contribution in [0.3, 0.4) is 0 Å². The molecule has 1 heterocycles. The highest BCUT2D eigenvalue weighted by molar-refractivity contribution is 6.05. The number of aromatic amines is 2. The summed E-state index contributed by atoms with van der Waals surface area (Å²) < 4.78 is 0. The molecule has 1 aromatic carbocycles. The molecule has 0 saturated heterocycles. The Hall–Kier alpha value is -3.76. The standard InChI is InChI=1S/C12H11N7O4/c13-8(18-19-14)5-1-3-6(4-2-5)15-9(20)7-10(21)16-12(23)17-11(7)22/h1-4H,(H,15,20)(H3,13,14,18)(H3,16,17,21,22,23). The summed E-state index contributed by atoms with van der Waals surface area (Å²) in [6.45, 7) is 0. The summed E-state index contributed by atoms with van der Waals surface area (Å²) in [5.74, 6) is -1.86. The summed E-state index contributed by atoms with van der Waals surface area (Å²) >= 11 is 0. The lowest BCUT2D eigenvalue weighted by Crippen LogP contribution is -2.30. The van der Waals surface area contributed by atoms with E-state index in [0.29, 0.717) is 11.3 Å². The number of nitrogens with one attached hydrogen (secondary N) is 6. The van der Waals surface area contributed by atoms with Crippen LogP contribution in [0, 0.1) is 10.9 Å². The number of hydrogen-bond donors (Lipinski definition) is 7. The van der Waals surface area contributed by atoms with Crippen molar-refractivity contribution in [1.82, 2.24) is 15.4 Å². The van der Waals surface area contributed by atoms with Gasteiger partial charge in [-0.1, -0.05) is 5.22 Å². The number of rotatable bonds is 4. The van der Waals surface area contributed by atoms with Gasteiger partial charge in [-0.05, 0) is 24.3 Å². The first-order chi connectivity index (χ1) is 10.9. The molecule has 0 fully saturated rings. The Morgan fingerprint density at radius 2 is 1.83 bits per heavy atom. The zero-order valence-electron chi connectivity index (χ0n) is 11.4. The number of hydrogen-bond acceptors (Lipinski definition) is 7. The van der Waals surface area contributed by atoms with Gasteiger partial charge < -0.3 is 10.4 Å². The third-order valence-electron chi connectivity index (χ3n) is 2.75. The van der Waals surface area contributed by atoms with Crippen LogP contribution < -0.4 is 22.0 Å². The quantitative estimate of drug-likeness (QED) is 0.179. The van der Waals surface area contributed by atoms with Gasteiger partial charge in [-0.25, -0.2) is 10.2 Å². The van der Waals surface area contributed by atoms with Gasteiger partial charge in [0.15, 0.2) is 5.56 Å². The summed E-state index contributed by atoms with van der Waals surface area (Å²) in [5, 5.41) is 22.2. The van der Waals surface area contributed by atoms with Gasteiger partial charge in [0.1, 0.15) is 5.84 Å². The molecule has 1 aromatic heterocycles. The molecule has 1 amide bonds. The molecular weight excluding hydrogens is 306 g/mol. The van der Waals surface area contributed by atoms with Gasteiger partial charge in [0.05, 0.1) is 0 Å². The van der Waals surface area contributed by atoms with Crippen LogP contribution in [0.1, 0.15) is 15.9 Å². The van der Waals surface area contributed by atoms with Crippen LogP contribution in [-0.2, 0) is 0 Å². The molecule has 0 atom stereocenters. The average molecular weight is 317 g/mol. The molecule has 2 aromatic rings. The van der Waals surface area contributed by atoms with E-state index in [4.69, 9.17) is 10.9 Å². The van der Waals surface area contributed by atoms with Crippen molar-refractivity contribution in [3.63, 3.8) is 0 Å². The molecule has 11 heteroatoms. The number of carbonyl (C=O) groups is 1. The Morgan fingerprint density at radius 3 is 2.39 bits per heavy atom. The largest absolute Gasteiger partial charge is 0.494 e. The number of benzene rings is 1. The topological polar surface area (TPSA) is 187 Å². The first-order valence-corrected chi connectivity index (χ1v) is 6.10. The Balaban J connectivity index is 2.21. The lowest BCUT2D eigenvalue weighted by Gasteiger charge is -2.07. The second-order valence-corrected chi connectivity index (χ2v) is 4.26. The predicted octanol–water partition coefficient (Wildman–Crippen LogP) is -0.118. The molecule has 2 rings (SSSR count). The number of amides is 1. The van der Waals surface area contributed by atoms with Crippen LogP contribution in [0.25, 0.3) is 0 Å². The summed E-state index contributed by atoms with van der Waals surface area (Å²) in [5.41, 5.74) is 6.87. The molecule has 7 N–H and O–H groups in total. The van der Waals surface area contributed by atoms with Crippen LogP contribution in [0.4, 0.5) is 5.69 Å². The zero-order valence-corrected chi connectivity index (χ0v) is 11.4. The number of anilines is 1. The van der Waals surface area contributed by atoms with Gasteiger partial charge in [-0.15, -0.1) is 0 Å². The summed E-state index contributed by atoms with van der Waals surface area (Å²) in [6, 6.07) is 5.86. The number of aromatic nitrogens is 2. The van der Waals surface area contributed by atoms with Crippen LogP contribution in [0.5, 0.6) is 5.88 Å². The van der Waals surface area contributed by atoms with Crippen molar-refractivity contribution < 1.29 is 9.90 Å². The fourth-order valence-corrected chi connectivity index (χ4v) is 1.72. The zero-order chi connectivity index (χ0) is 17.0. The number of H-pyrrole nitrogens is 2. The van der Waals surface area contributed by atoms with E-state index in [-0.39, 0.29) is 5.84 Å². The number of amidine groups is 1. The van der Waals surface area contributed by atoms with E-state index >= 15 is 0 Å². The lowest BCUT2D eigenvalue weighted by atomic mass is 10.2. The highest BCUT2D eigenvalue weighted by atomic mass is 16.3. The van der Waals surface area contributed by atoms with Crippen LogP contribution in [0.15, 0.2) is 39.1 Å². The first kappa shape index (κ1) is 15.6. The molecule has 0 unspecified atom stereocenters. The maximum atomic E-state index is 12.0. The van der Waals surface area contributed by atoms with Crippen molar-refractivity contribution in [2.24, 2.45) is 5.22 Å². The van der Waals surface area contributed by atoms with Crippen LogP contribution in [-0.4, -0.2) is 26.8 Å². The maximum absolute atomic E-state index is 12.0. The van der Waals surface area contributed by atoms with Gasteiger partial charge in [0, 0.05) is 11.3 Å². The van der Waals surface area contributed by atoms with Crippen molar-refractivity contribution in [1.29, 1.82) is 10.9 Å². The molecule has 118 valence electrons. The van der Waals surface area contributed by atoms with E-state index in [2.05, 4.69) is 16.0 Å². The fourth-order valence-electron chi connectivity index (χ4n) is 1.72. The van der Waals surface area contributed by atoms with E-state index < -0.39 is 28.6 Å². The summed E-state index contributed by atoms with van der Waals surface area (Å²) in [4.78, 5) is 38.2. The Bertz CT molecular complexity index is 882. The number of aromatic hydroxyl groups is 1. The summed E-state index contributed by atoms with van der Waals surface area (Å²) in [6.07, 6.45) is 0. The molecule has 0 saturated carbocycles. The van der Waals surface area contributed by atoms with Crippen molar-refractivity contribution in [2.75, 3.05) is 5.32 Å². The second-order valence-electron chi connectivity index (χ2n) is 4.26. The lowest BCUT2D eigenvalue weighted by molar-refractivity contribution is 0.102. The predicted molar refractivity (Wildman–Crippen MR) is 78.9 cm³/mol. The SMILES string of the molecule is N=NNC(=N)c1ccc(NC(=O)c2c(O)[nH]c(=O)[nH]c2=O)cc1. The van der Waals surface area contributed by atoms with E-state index in [1.165, 1.54) is 24.3 Å². The van der Waals surface area contributed by atoms with E-state index in [1.807, 2.05) is 9.97 Å². The van der Waals surface area contributed by atoms with E-state index in [0.717, 1.165) is 0 Å². The molecule has 23 heavy (non-hydrogen) atoms. The number of nitrogens with zero attached hydrogens (tertiary/aromatic N) is 1. The normalized spacial score (nSPS) is 9.91. The maximum Gasteiger partial charge on any atom is 0.328 e. The van der Waals surface area contributed by atoms with Crippen molar-refractivity contribution in [3.8, 4) is 5.88 Å². The minimum atomic E-state index is -1.02. The third-order valence-corrected chi connectivity index (χ3v) is 2.75. The van der Waals surface area contributed by atoms with Gasteiger partial charge in [0.2, 0.25) is 5.88 Å². The smallest absolute Gasteiger partial charge is 0.328 e. The minimum absolute atomic E-state index is 0.104. The first-order valence-electron chi connectivity index (χ1n) is 6.10. The van der Waals surface area contributed by atoms with E-state index in [9.17, 15) is 19.5 Å². The van der Waals surface area contributed by atoms with Crippen molar-refractivity contribution in [2.45, 2.75) is 0 Å². The highest BCUT2D eigenvalue weighted by Crippen LogP contribution is 2.12. The third kappa shape index (κ3) is 3.47. The Labute approximate surface area is 127 Å². The van der Waals surface area contributed by atoms with E-state index in [1.54, 1.807) is 0 Å². The highest BCUT2D eigenvalue weighted by Gasteiger charge is 2.17. The average Bonchev–Trinajstić information content (AvgIpc) is 2.47. The van der Waals surface area contributed by atoms with Crippen LogP contribution >= 0.6 is 0 Å². The monoisotopic (exact) mass is 317 g/mol.